The lowest BCUT2D eigenvalue weighted by atomic mass is 9.68. The smallest absolute Gasteiger partial charge is 0.413 e. The second-order valence-corrected chi connectivity index (χ2v) is 27.3. The highest BCUT2D eigenvalue weighted by molar-refractivity contribution is 7.87. The predicted molar refractivity (Wildman–Crippen MR) is 178 cm³/mol. The molecule has 0 bridgehead atoms. The molecular formula is C33H57F3O5SSi2. The predicted octanol–water partition coefficient (Wildman–Crippen LogP) is 10.1. The van der Waals surface area contributed by atoms with Crippen molar-refractivity contribution >= 4 is 26.8 Å². The summed E-state index contributed by atoms with van der Waals surface area (Å²) >= 11 is 0. The van der Waals surface area contributed by atoms with Crippen molar-refractivity contribution in [1.82, 2.24) is 0 Å². The van der Waals surface area contributed by atoms with E-state index in [2.05, 4.69) is 91.7 Å². The largest absolute Gasteiger partial charge is 0.534 e. The first-order valence-corrected chi connectivity index (χ1v) is 23.0. The molecule has 0 aromatic rings. The van der Waals surface area contributed by atoms with E-state index >= 15 is 0 Å². The van der Waals surface area contributed by atoms with Crippen LogP contribution in [0.15, 0.2) is 23.0 Å². The molecule has 0 aromatic heterocycles. The SMILES string of the molecule is C#CC1=C(C)C(O[Si](C)(C)C(C)(C)C)CC(O[Si](C)(C)C(C)(C)C)C1.C[C@H]1CCC2C(OS(=O)(=O)C(F)(F)F)=CCC[C@@]21C. The molecule has 0 heterocycles. The average molecular weight is 679 g/mol. The monoisotopic (exact) mass is 678 g/mol. The Balaban J connectivity index is 0.000000317. The molecule has 0 spiro atoms. The van der Waals surface area contributed by atoms with Crippen LogP contribution in [0, 0.1) is 29.6 Å². The Morgan fingerprint density at radius 1 is 0.977 bits per heavy atom. The van der Waals surface area contributed by atoms with Crippen LogP contribution in [0.2, 0.25) is 36.3 Å². The zero-order valence-corrected chi connectivity index (χ0v) is 32.1. The third-order valence-electron chi connectivity index (χ3n) is 11.2. The summed E-state index contributed by atoms with van der Waals surface area (Å²) in [5.41, 5.74) is -3.21. The summed E-state index contributed by atoms with van der Waals surface area (Å²) < 4.78 is 77.1. The van der Waals surface area contributed by atoms with Crippen molar-refractivity contribution in [3.8, 4) is 12.3 Å². The molecule has 0 N–H and O–H groups in total. The van der Waals surface area contributed by atoms with Crippen LogP contribution in [0.5, 0.6) is 0 Å². The van der Waals surface area contributed by atoms with Crippen LogP contribution in [0.1, 0.15) is 101 Å². The van der Waals surface area contributed by atoms with Gasteiger partial charge in [-0.25, -0.2) is 0 Å². The van der Waals surface area contributed by atoms with Gasteiger partial charge in [-0.05, 0) is 91.9 Å². The summed E-state index contributed by atoms with van der Waals surface area (Å²) in [5.74, 6) is 3.03. The van der Waals surface area contributed by atoms with E-state index in [1.54, 1.807) is 0 Å². The first-order valence-electron chi connectivity index (χ1n) is 15.8. The Kier molecular flexibility index (Phi) is 11.7. The minimum atomic E-state index is -5.55. The molecule has 0 amide bonds. The van der Waals surface area contributed by atoms with Crippen molar-refractivity contribution in [3.63, 3.8) is 0 Å². The van der Waals surface area contributed by atoms with Crippen LogP contribution in [0.4, 0.5) is 13.2 Å². The van der Waals surface area contributed by atoms with Crippen molar-refractivity contribution in [2.75, 3.05) is 0 Å². The Morgan fingerprint density at radius 3 is 1.98 bits per heavy atom. The molecule has 254 valence electrons. The molecule has 3 unspecified atom stereocenters. The van der Waals surface area contributed by atoms with Crippen molar-refractivity contribution in [2.24, 2.45) is 17.3 Å². The molecule has 1 fully saturated rings. The molecule has 0 aromatic carbocycles. The summed E-state index contributed by atoms with van der Waals surface area (Å²) in [6.07, 6.45) is 12.3. The van der Waals surface area contributed by atoms with Gasteiger partial charge in [0.05, 0.1) is 12.2 Å². The van der Waals surface area contributed by atoms with Gasteiger partial charge in [-0.3, -0.25) is 0 Å². The minimum absolute atomic E-state index is 0.0181. The molecule has 0 aliphatic heterocycles. The highest BCUT2D eigenvalue weighted by Crippen LogP contribution is 2.56. The van der Waals surface area contributed by atoms with Gasteiger partial charge in [0.2, 0.25) is 0 Å². The van der Waals surface area contributed by atoms with E-state index in [0.717, 1.165) is 31.3 Å². The molecule has 3 aliphatic rings. The fourth-order valence-corrected chi connectivity index (χ4v) is 9.08. The van der Waals surface area contributed by atoms with Gasteiger partial charge in [0, 0.05) is 24.3 Å². The van der Waals surface area contributed by atoms with E-state index in [1.165, 1.54) is 11.6 Å². The Hall–Kier alpha value is -1.07. The van der Waals surface area contributed by atoms with Crippen LogP contribution in [0.25, 0.3) is 0 Å². The van der Waals surface area contributed by atoms with E-state index in [0.29, 0.717) is 18.8 Å². The average Bonchev–Trinajstić information content (AvgIpc) is 3.14. The molecule has 5 atom stereocenters. The van der Waals surface area contributed by atoms with Crippen molar-refractivity contribution in [2.45, 2.75) is 155 Å². The number of hydrogen-bond acceptors (Lipinski definition) is 5. The quantitative estimate of drug-likeness (QED) is 0.121. The number of alkyl halides is 3. The summed E-state index contributed by atoms with van der Waals surface area (Å²) in [6, 6.07) is 0. The number of fused-ring (bicyclic) bond motifs is 1. The van der Waals surface area contributed by atoms with Crippen molar-refractivity contribution < 1.29 is 34.6 Å². The molecule has 0 saturated heterocycles. The van der Waals surface area contributed by atoms with Crippen LogP contribution in [0.3, 0.4) is 0 Å². The van der Waals surface area contributed by atoms with Gasteiger partial charge in [0.15, 0.2) is 16.6 Å². The van der Waals surface area contributed by atoms with Crippen LogP contribution in [-0.4, -0.2) is 42.8 Å². The van der Waals surface area contributed by atoms with Crippen LogP contribution < -0.4 is 0 Å². The van der Waals surface area contributed by atoms with E-state index < -0.39 is 32.3 Å². The molecule has 3 aliphatic carbocycles. The number of rotatable bonds is 6. The fraction of sp³-hybridized carbons (Fsp3) is 0.818. The lowest BCUT2D eigenvalue weighted by Crippen LogP contribution is -2.49. The number of allylic oxidation sites excluding steroid dienone is 2. The zero-order chi connectivity index (χ0) is 34.3. The van der Waals surface area contributed by atoms with Gasteiger partial charge in [-0.15, -0.1) is 6.42 Å². The third-order valence-corrected chi connectivity index (χ3v) is 21.2. The van der Waals surface area contributed by atoms with Crippen molar-refractivity contribution in [1.29, 1.82) is 0 Å². The number of hydrogen-bond donors (Lipinski definition) is 0. The Labute approximate surface area is 268 Å². The maximum Gasteiger partial charge on any atom is 0.534 e. The van der Waals surface area contributed by atoms with Gasteiger partial charge in [-0.2, -0.15) is 21.6 Å². The summed E-state index contributed by atoms with van der Waals surface area (Å²) in [4.78, 5) is 0. The normalized spacial score (nSPS) is 28.8. The molecule has 3 rings (SSSR count). The lowest BCUT2D eigenvalue weighted by Gasteiger charge is -2.44. The van der Waals surface area contributed by atoms with Crippen LogP contribution in [-0.2, 0) is 23.2 Å². The zero-order valence-electron chi connectivity index (χ0n) is 29.3. The first-order chi connectivity index (χ1) is 19.6. The van der Waals surface area contributed by atoms with Crippen LogP contribution >= 0.6 is 0 Å². The summed E-state index contributed by atoms with van der Waals surface area (Å²) in [5, 5.41) is 0.395. The second kappa shape index (κ2) is 13.2. The van der Waals surface area contributed by atoms with Gasteiger partial charge < -0.3 is 13.0 Å². The standard InChI is InChI=1S/C21H40O2Si2.C12H17F3O3S/c1-13-17-14-18(22-24(9,10)20(3,4)5)15-19(16(17)2)23-25(11,12)21(6,7)8;1-8-5-6-9-10(4-3-7-11(8,9)2)18-19(16,17)12(13,14)15/h1,18-19H,14-15H2,2-12H3;4,8-9H,3,5-7H2,1-2H3/t;8-,9?,11+/m.0/s1. The molecule has 0 radical (unpaired) electrons. The van der Waals surface area contributed by atoms with E-state index in [1.807, 2.05) is 6.92 Å². The topological polar surface area (TPSA) is 61.8 Å². The lowest BCUT2D eigenvalue weighted by molar-refractivity contribution is -0.0535. The van der Waals surface area contributed by atoms with E-state index in [-0.39, 0.29) is 39.4 Å². The van der Waals surface area contributed by atoms with Gasteiger partial charge in [0.25, 0.3) is 0 Å². The highest BCUT2D eigenvalue weighted by atomic mass is 32.2. The first kappa shape index (κ1) is 39.1. The summed E-state index contributed by atoms with van der Waals surface area (Å²) in [6.45, 7) is 29.2. The van der Waals surface area contributed by atoms with Gasteiger partial charge in [0.1, 0.15) is 5.76 Å². The molecule has 44 heavy (non-hydrogen) atoms. The second-order valence-electron chi connectivity index (χ2n) is 16.3. The van der Waals surface area contributed by atoms with E-state index in [9.17, 15) is 21.6 Å². The number of halogens is 3. The molecule has 1 saturated carbocycles. The molecule has 11 heteroatoms. The fourth-order valence-electron chi connectivity index (χ4n) is 5.85. The maximum atomic E-state index is 12.4. The summed E-state index contributed by atoms with van der Waals surface area (Å²) in [7, 11) is -9.21. The Morgan fingerprint density at radius 2 is 1.50 bits per heavy atom. The van der Waals surface area contributed by atoms with E-state index in [4.69, 9.17) is 15.3 Å². The third kappa shape index (κ3) is 8.64. The molecular weight excluding hydrogens is 622 g/mol. The Bertz CT molecular complexity index is 1250. The highest BCUT2D eigenvalue weighted by Gasteiger charge is 2.53. The van der Waals surface area contributed by atoms with Crippen molar-refractivity contribution in [3.05, 3.63) is 23.0 Å². The number of terminal acetylenes is 1. The van der Waals surface area contributed by atoms with Gasteiger partial charge in [-0.1, -0.05) is 61.3 Å². The maximum absolute atomic E-state index is 12.4. The minimum Gasteiger partial charge on any atom is -0.413 e. The molecule has 5 nitrogen and oxygen atoms in total. The van der Waals surface area contributed by atoms with Gasteiger partial charge >= 0.3 is 15.6 Å².